The van der Waals surface area contributed by atoms with E-state index in [0.29, 0.717) is 17.9 Å². The highest BCUT2D eigenvalue weighted by Gasteiger charge is 2.30. The molecule has 20 heavy (non-hydrogen) atoms. The summed E-state index contributed by atoms with van der Waals surface area (Å²) in [6.07, 6.45) is 4.25. The van der Waals surface area contributed by atoms with Crippen LogP contribution in [0.4, 0.5) is 5.82 Å². The Labute approximate surface area is 124 Å². The predicted octanol–water partition coefficient (Wildman–Crippen LogP) is 0.585. The molecule has 2 heterocycles. The quantitative estimate of drug-likeness (QED) is 0.793. The van der Waals surface area contributed by atoms with E-state index in [0.717, 1.165) is 19.3 Å². The van der Waals surface area contributed by atoms with E-state index in [2.05, 4.69) is 9.82 Å². The van der Waals surface area contributed by atoms with Gasteiger partial charge in [-0.05, 0) is 19.8 Å². The molecule has 1 aliphatic rings. The lowest BCUT2D eigenvalue weighted by Crippen LogP contribution is -2.45. The first-order valence-corrected chi connectivity index (χ1v) is 8.29. The molecule has 1 aromatic rings. The Morgan fingerprint density at radius 2 is 2.25 bits per heavy atom. The van der Waals surface area contributed by atoms with Crippen LogP contribution in [0.1, 0.15) is 31.7 Å². The maximum absolute atomic E-state index is 12.5. The van der Waals surface area contributed by atoms with E-state index in [-0.39, 0.29) is 11.0 Å². The fourth-order valence-corrected chi connectivity index (χ4v) is 4.05. The van der Waals surface area contributed by atoms with Gasteiger partial charge in [0.1, 0.15) is 10.8 Å². The molecule has 0 bridgehead atoms. The second-order valence-corrected chi connectivity index (χ2v) is 7.02. The van der Waals surface area contributed by atoms with E-state index >= 15 is 0 Å². The highest BCUT2D eigenvalue weighted by Crippen LogP contribution is 2.23. The molecule has 3 N–H and O–H groups in total. The summed E-state index contributed by atoms with van der Waals surface area (Å²) in [5, 5.41) is 3.99. The minimum atomic E-state index is -3.63. The zero-order valence-corrected chi connectivity index (χ0v) is 13.2. The van der Waals surface area contributed by atoms with E-state index in [1.165, 1.54) is 15.2 Å². The summed E-state index contributed by atoms with van der Waals surface area (Å²) >= 11 is 4.91. The summed E-state index contributed by atoms with van der Waals surface area (Å²) < 4.78 is 30.4. The van der Waals surface area contributed by atoms with Crippen LogP contribution in [0.5, 0.6) is 0 Å². The summed E-state index contributed by atoms with van der Waals surface area (Å²) in [5.41, 5.74) is 6.01. The second kappa shape index (κ2) is 5.66. The van der Waals surface area contributed by atoms with Crippen LogP contribution in [0.3, 0.4) is 0 Å². The lowest BCUT2D eigenvalue weighted by atomic mass is 10.1. The van der Waals surface area contributed by atoms with E-state index in [4.69, 9.17) is 18.0 Å². The molecule has 2 rings (SSSR count). The molecular weight excluding hydrogens is 298 g/mol. The van der Waals surface area contributed by atoms with Crippen molar-refractivity contribution in [2.24, 2.45) is 12.8 Å². The van der Waals surface area contributed by atoms with Gasteiger partial charge in [-0.15, -0.1) is 0 Å². The molecule has 0 saturated carbocycles. The summed E-state index contributed by atoms with van der Waals surface area (Å²) in [6, 6.07) is -0.0113. The number of thiocarbonyl (C=S) groups is 1. The Morgan fingerprint density at radius 3 is 2.85 bits per heavy atom. The van der Waals surface area contributed by atoms with Crippen LogP contribution in [0.25, 0.3) is 0 Å². The van der Waals surface area contributed by atoms with Crippen molar-refractivity contribution in [1.29, 1.82) is 0 Å². The van der Waals surface area contributed by atoms with Crippen molar-refractivity contribution in [1.82, 2.24) is 14.1 Å². The first kappa shape index (κ1) is 15.2. The molecule has 9 heteroatoms. The molecule has 0 aliphatic carbocycles. The van der Waals surface area contributed by atoms with E-state index in [1.54, 1.807) is 7.05 Å². The van der Waals surface area contributed by atoms with Crippen molar-refractivity contribution < 1.29 is 8.42 Å². The summed E-state index contributed by atoms with van der Waals surface area (Å²) in [7, 11) is -1.99. The molecule has 112 valence electrons. The molecule has 0 amide bonds. The van der Waals surface area contributed by atoms with Gasteiger partial charge in [-0.1, -0.05) is 18.6 Å². The maximum Gasteiger partial charge on any atom is 0.303 e. The minimum absolute atomic E-state index is 0.0113. The van der Waals surface area contributed by atoms with E-state index in [1.807, 2.05) is 6.92 Å². The lowest BCUT2D eigenvalue weighted by Gasteiger charge is -2.32. The fourth-order valence-electron chi connectivity index (χ4n) is 2.35. The van der Waals surface area contributed by atoms with Crippen molar-refractivity contribution in [2.45, 2.75) is 32.2 Å². The van der Waals surface area contributed by atoms with Gasteiger partial charge in [0.05, 0.1) is 11.8 Å². The van der Waals surface area contributed by atoms with E-state index in [9.17, 15) is 8.42 Å². The highest BCUT2D eigenvalue weighted by atomic mass is 32.2. The fraction of sp³-hybridized carbons (Fsp3) is 0.636. The van der Waals surface area contributed by atoms with Gasteiger partial charge >= 0.3 is 10.2 Å². The number of hydrogen-bond donors (Lipinski definition) is 2. The molecule has 7 nitrogen and oxygen atoms in total. The van der Waals surface area contributed by atoms with Gasteiger partial charge < -0.3 is 5.73 Å². The number of aryl methyl sites for hydroxylation is 1. The number of hydrogen-bond acceptors (Lipinski definition) is 4. The number of nitrogens with one attached hydrogen (secondary N) is 1. The number of aromatic nitrogens is 2. The van der Waals surface area contributed by atoms with Crippen molar-refractivity contribution in [3.8, 4) is 0 Å². The number of nitrogens with zero attached hydrogens (tertiary/aromatic N) is 3. The molecule has 1 saturated heterocycles. The molecule has 0 radical (unpaired) electrons. The predicted molar refractivity (Wildman–Crippen MR) is 81.7 cm³/mol. The summed E-state index contributed by atoms with van der Waals surface area (Å²) in [5.74, 6) is 0.301. The molecule has 1 aromatic heterocycles. The Kier molecular flexibility index (Phi) is 4.31. The smallest absolute Gasteiger partial charge is 0.303 e. The average molecular weight is 317 g/mol. The van der Waals surface area contributed by atoms with Crippen molar-refractivity contribution in [3.63, 3.8) is 0 Å². The van der Waals surface area contributed by atoms with Crippen LogP contribution in [0, 0.1) is 0 Å². The molecular formula is C11H19N5O2S2. The molecule has 1 fully saturated rings. The summed E-state index contributed by atoms with van der Waals surface area (Å²) in [6.45, 7) is 2.44. The number of rotatable bonds is 4. The standard InChI is InChI=1S/C11H19N5O2S2/c1-8-5-3-4-6-16(8)20(17,18)14-11-9(10(12)19)7-13-15(11)2/h7-8,14H,3-6H2,1-2H3,(H2,12,19). The molecule has 1 aliphatic heterocycles. The Hall–Kier alpha value is -1.19. The van der Waals surface area contributed by atoms with Crippen LogP contribution < -0.4 is 10.5 Å². The Bertz CT molecular complexity index is 610. The van der Waals surface area contributed by atoms with Gasteiger partial charge in [0.2, 0.25) is 0 Å². The van der Waals surface area contributed by atoms with Crippen LogP contribution in [-0.4, -0.2) is 40.1 Å². The van der Waals surface area contributed by atoms with Crippen molar-refractivity contribution in [3.05, 3.63) is 11.8 Å². The monoisotopic (exact) mass is 317 g/mol. The normalized spacial score (nSPS) is 20.8. The molecule has 0 aromatic carbocycles. The van der Waals surface area contributed by atoms with Crippen LogP contribution in [-0.2, 0) is 17.3 Å². The Balaban J connectivity index is 2.28. The molecule has 0 spiro atoms. The number of anilines is 1. The zero-order valence-electron chi connectivity index (χ0n) is 11.5. The molecule has 1 unspecified atom stereocenters. The number of nitrogens with two attached hydrogens (primary N) is 1. The lowest BCUT2D eigenvalue weighted by molar-refractivity contribution is 0.270. The Morgan fingerprint density at radius 1 is 1.55 bits per heavy atom. The van der Waals surface area contributed by atoms with Gasteiger partial charge in [0.15, 0.2) is 0 Å². The first-order chi connectivity index (χ1) is 9.33. The van der Waals surface area contributed by atoms with Crippen LogP contribution in [0.2, 0.25) is 0 Å². The first-order valence-electron chi connectivity index (χ1n) is 6.44. The topological polar surface area (TPSA) is 93.2 Å². The van der Waals surface area contributed by atoms with Gasteiger partial charge in [-0.2, -0.15) is 17.8 Å². The van der Waals surface area contributed by atoms with Crippen molar-refractivity contribution in [2.75, 3.05) is 11.3 Å². The third-order valence-corrected chi connectivity index (χ3v) is 5.31. The van der Waals surface area contributed by atoms with Gasteiger partial charge in [-0.3, -0.25) is 9.40 Å². The van der Waals surface area contributed by atoms with Gasteiger partial charge in [0.25, 0.3) is 0 Å². The number of piperidine rings is 1. The van der Waals surface area contributed by atoms with E-state index < -0.39 is 10.2 Å². The SMILES string of the molecule is CC1CCCCN1S(=O)(=O)Nc1c(C(N)=S)cnn1C. The zero-order chi connectivity index (χ0) is 14.9. The maximum atomic E-state index is 12.5. The average Bonchev–Trinajstić information content (AvgIpc) is 2.71. The second-order valence-electron chi connectivity index (χ2n) is 4.96. The third-order valence-electron chi connectivity index (χ3n) is 3.48. The van der Waals surface area contributed by atoms with Gasteiger partial charge in [-0.25, -0.2) is 0 Å². The van der Waals surface area contributed by atoms with Crippen LogP contribution >= 0.6 is 12.2 Å². The van der Waals surface area contributed by atoms with Crippen molar-refractivity contribution >= 4 is 33.2 Å². The largest absolute Gasteiger partial charge is 0.389 e. The third kappa shape index (κ3) is 2.94. The summed E-state index contributed by atoms with van der Waals surface area (Å²) in [4.78, 5) is 0.113. The molecule has 1 atom stereocenters. The van der Waals surface area contributed by atoms with Gasteiger partial charge in [0, 0.05) is 19.6 Å². The highest BCUT2D eigenvalue weighted by molar-refractivity contribution is 7.90. The minimum Gasteiger partial charge on any atom is -0.389 e. The van der Waals surface area contributed by atoms with Crippen LogP contribution in [0.15, 0.2) is 6.20 Å².